The van der Waals surface area contributed by atoms with Crippen LogP contribution < -0.4 is 5.32 Å². The van der Waals surface area contributed by atoms with Gasteiger partial charge in [0.1, 0.15) is 12.6 Å². The van der Waals surface area contributed by atoms with Gasteiger partial charge in [-0.15, -0.1) is 0 Å². The topological polar surface area (TPSA) is 88.4 Å². The zero-order valence-corrected chi connectivity index (χ0v) is 12.6. The van der Waals surface area contributed by atoms with Crippen LogP contribution in [-0.4, -0.2) is 31.6 Å². The quantitative estimate of drug-likeness (QED) is 0.552. The molecule has 1 N–H and O–H groups in total. The minimum Gasteiger partial charge on any atom is -0.467 e. The third-order valence-corrected chi connectivity index (χ3v) is 2.95. The Morgan fingerprint density at radius 2 is 2.05 bits per heavy atom. The van der Waals surface area contributed by atoms with Crippen LogP contribution in [0.1, 0.15) is 24.8 Å². The van der Waals surface area contributed by atoms with Crippen LogP contribution in [0.25, 0.3) is 0 Å². The number of nitrogens with zero attached hydrogens (tertiary/aromatic N) is 1. The highest BCUT2D eigenvalue weighted by Crippen LogP contribution is 2.03. The van der Waals surface area contributed by atoms with Crippen molar-refractivity contribution >= 4 is 11.9 Å². The van der Waals surface area contributed by atoms with Crippen molar-refractivity contribution in [3.05, 3.63) is 35.9 Å². The summed E-state index contributed by atoms with van der Waals surface area (Å²) in [6, 6.07) is 10.7. The molecule has 0 saturated carbocycles. The van der Waals surface area contributed by atoms with E-state index in [1.807, 2.05) is 36.4 Å². The second-order valence-corrected chi connectivity index (χ2v) is 4.67. The Morgan fingerprint density at radius 3 is 2.68 bits per heavy atom. The smallest absolute Gasteiger partial charge is 0.328 e. The maximum absolute atomic E-state index is 11.8. The predicted molar refractivity (Wildman–Crippen MR) is 79.5 cm³/mol. The van der Waals surface area contributed by atoms with Crippen molar-refractivity contribution in [1.82, 2.24) is 5.32 Å². The summed E-state index contributed by atoms with van der Waals surface area (Å²) >= 11 is 0. The first-order valence-corrected chi connectivity index (χ1v) is 7.03. The third-order valence-electron chi connectivity index (χ3n) is 2.95. The first-order chi connectivity index (χ1) is 10.7. The van der Waals surface area contributed by atoms with Gasteiger partial charge in [-0.05, 0) is 18.4 Å². The molecule has 0 spiro atoms. The number of methoxy groups -OCH3 is 1. The number of rotatable bonds is 9. The summed E-state index contributed by atoms with van der Waals surface area (Å²) in [7, 11) is 1.26. The van der Waals surface area contributed by atoms with Gasteiger partial charge >= 0.3 is 5.97 Å². The minimum atomic E-state index is -0.744. The first kappa shape index (κ1) is 17.7. The van der Waals surface area contributed by atoms with Gasteiger partial charge in [-0.2, -0.15) is 5.26 Å². The van der Waals surface area contributed by atoms with E-state index in [2.05, 4.69) is 10.1 Å². The Kier molecular flexibility index (Phi) is 8.31. The van der Waals surface area contributed by atoms with E-state index >= 15 is 0 Å². The minimum absolute atomic E-state index is 0.138. The summed E-state index contributed by atoms with van der Waals surface area (Å²) < 4.78 is 9.95. The molecule has 118 valence electrons. The molecular weight excluding hydrogens is 284 g/mol. The standard InChI is InChI=1S/C16H20N2O4/c1-21-16(20)14(9-5-6-10-17)18-15(19)12-22-11-13-7-3-2-4-8-13/h2-4,7-8,14H,5-6,9,11-12H2,1H3,(H,18,19)/t14-/m1/s1. The Bertz CT molecular complexity index is 511. The molecule has 0 aliphatic heterocycles. The second kappa shape index (κ2) is 10.4. The molecule has 0 saturated heterocycles. The van der Waals surface area contributed by atoms with Gasteiger partial charge in [-0.25, -0.2) is 4.79 Å². The monoisotopic (exact) mass is 304 g/mol. The predicted octanol–water partition coefficient (Wildman–Crippen LogP) is 1.55. The average molecular weight is 304 g/mol. The van der Waals surface area contributed by atoms with Gasteiger partial charge in [0.2, 0.25) is 5.91 Å². The van der Waals surface area contributed by atoms with E-state index in [1.54, 1.807) is 0 Å². The van der Waals surface area contributed by atoms with Crippen molar-refractivity contribution in [2.45, 2.75) is 31.9 Å². The molecule has 1 aromatic rings. The summed E-state index contributed by atoms with van der Waals surface area (Å²) in [6.07, 6.45) is 1.21. The number of benzene rings is 1. The Balaban J connectivity index is 2.35. The first-order valence-electron chi connectivity index (χ1n) is 7.03. The third kappa shape index (κ3) is 6.86. The number of carbonyl (C=O) groups excluding carboxylic acids is 2. The van der Waals surface area contributed by atoms with Gasteiger partial charge in [-0.1, -0.05) is 30.3 Å². The van der Waals surface area contributed by atoms with E-state index in [1.165, 1.54) is 7.11 Å². The zero-order chi connectivity index (χ0) is 16.2. The van der Waals surface area contributed by atoms with E-state index < -0.39 is 12.0 Å². The summed E-state index contributed by atoms with van der Waals surface area (Å²) in [5, 5.41) is 11.1. The van der Waals surface area contributed by atoms with Gasteiger partial charge in [-0.3, -0.25) is 4.79 Å². The molecule has 0 bridgehead atoms. The normalized spacial score (nSPS) is 11.3. The van der Waals surface area contributed by atoms with Crippen molar-refractivity contribution in [3.63, 3.8) is 0 Å². The lowest BCUT2D eigenvalue weighted by Crippen LogP contribution is -2.43. The van der Waals surface area contributed by atoms with Gasteiger partial charge in [0.15, 0.2) is 0 Å². The summed E-state index contributed by atoms with van der Waals surface area (Å²) in [4.78, 5) is 23.4. The van der Waals surface area contributed by atoms with Crippen LogP contribution in [0.2, 0.25) is 0 Å². The number of hydrogen-bond acceptors (Lipinski definition) is 5. The molecule has 1 amide bonds. The van der Waals surface area contributed by atoms with Gasteiger partial charge in [0.05, 0.1) is 19.8 Å². The molecule has 0 aliphatic carbocycles. The van der Waals surface area contributed by atoms with Crippen LogP contribution >= 0.6 is 0 Å². The number of unbranched alkanes of at least 4 members (excludes halogenated alkanes) is 1. The van der Waals surface area contributed by atoms with E-state index in [9.17, 15) is 9.59 Å². The highest BCUT2D eigenvalue weighted by atomic mass is 16.5. The SMILES string of the molecule is COC(=O)[C@@H](CCCC#N)NC(=O)COCc1ccccc1. The summed E-state index contributed by atoms with van der Waals surface area (Å²) in [5.74, 6) is -0.905. The molecule has 6 heteroatoms. The Morgan fingerprint density at radius 1 is 1.32 bits per heavy atom. The fraction of sp³-hybridized carbons (Fsp3) is 0.438. The van der Waals surface area contributed by atoms with Crippen molar-refractivity contribution in [2.75, 3.05) is 13.7 Å². The van der Waals surface area contributed by atoms with E-state index in [4.69, 9.17) is 10.00 Å². The van der Waals surface area contributed by atoms with Crippen molar-refractivity contribution < 1.29 is 19.1 Å². The van der Waals surface area contributed by atoms with Crippen LogP contribution in [0.5, 0.6) is 0 Å². The fourth-order valence-corrected chi connectivity index (χ4v) is 1.85. The number of amides is 1. The highest BCUT2D eigenvalue weighted by Gasteiger charge is 2.20. The number of nitriles is 1. The number of carbonyl (C=O) groups is 2. The largest absolute Gasteiger partial charge is 0.467 e. The molecule has 1 rings (SSSR count). The summed E-state index contributed by atoms with van der Waals surface area (Å²) in [5.41, 5.74) is 0.967. The van der Waals surface area contributed by atoms with Crippen molar-refractivity contribution in [3.8, 4) is 6.07 Å². The van der Waals surface area contributed by atoms with Crippen LogP contribution in [0.15, 0.2) is 30.3 Å². The van der Waals surface area contributed by atoms with Crippen LogP contribution in [-0.2, 0) is 25.7 Å². The molecule has 22 heavy (non-hydrogen) atoms. The van der Waals surface area contributed by atoms with E-state index in [-0.39, 0.29) is 12.5 Å². The lowest BCUT2D eigenvalue weighted by Gasteiger charge is -2.16. The molecule has 0 fully saturated rings. The average Bonchev–Trinajstić information content (AvgIpc) is 2.54. The fourth-order valence-electron chi connectivity index (χ4n) is 1.85. The molecule has 0 unspecified atom stereocenters. The van der Waals surface area contributed by atoms with Crippen molar-refractivity contribution in [1.29, 1.82) is 5.26 Å². The molecule has 0 aromatic heterocycles. The van der Waals surface area contributed by atoms with Crippen LogP contribution in [0, 0.1) is 11.3 Å². The molecule has 0 aliphatic rings. The number of esters is 1. The number of hydrogen-bond donors (Lipinski definition) is 1. The maximum Gasteiger partial charge on any atom is 0.328 e. The van der Waals surface area contributed by atoms with Crippen LogP contribution in [0.3, 0.4) is 0 Å². The maximum atomic E-state index is 11.8. The Hall–Kier alpha value is -2.39. The molecule has 0 radical (unpaired) electrons. The highest BCUT2D eigenvalue weighted by molar-refractivity contribution is 5.84. The van der Waals surface area contributed by atoms with Crippen molar-refractivity contribution in [2.24, 2.45) is 0 Å². The van der Waals surface area contributed by atoms with Gasteiger partial charge < -0.3 is 14.8 Å². The second-order valence-electron chi connectivity index (χ2n) is 4.67. The summed E-state index contributed by atoms with van der Waals surface area (Å²) in [6.45, 7) is 0.187. The number of ether oxygens (including phenoxy) is 2. The molecule has 1 aromatic carbocycles. The van der Waals surface area contributed by atoms with Crippen LogP contribution in [0.4, 0.5) is 0 Å². The molecule has 0 heterocycles. The lowest BCUT2D eigenvalue weighted by atomic mass is 10.1. The van der Waals surface area contributed by atoms with E-state index in [0.29, 0.717) is 25.9 Å². The lowest BCUT2D eigenvalue weighted by molar-refractivity contribution is -0.146. The van der Waals surface area contributed by atoms with E-state index in [0.717, 1.165) is 5.56 Å². The Labute approximate surface area is 130 Å². The molecule has 6 nitrogen and oxygen atoms in total. The molecule has 1 atom stereocenters. The number of nitrogens with one attached hydrogen (secondary N) is 1. The van der Waals surface area contributed by atoms with Gasteiger partial charge in [0.25, 0.3) is 0 Å². The zero-order valence-electron chi connectivity index (χ0n) is 12.6. The van der Waals surface area contributed by atoms with Gasteiger partial charge in [0, 0.05) is 6.42 Å². The molecular formula is C16H20N2O4.